The Morgan fingerprint density at radius 1 is 1.28 bits per heavy atom. The molecular formula is C18H37IN4O2. The maximum absolute atomic E-state index is 9.54. The van der Waals surface area contributed by atoms with Crippen LogP contribution in [0.5, 0.6) is 0 Å². The average molecular weight is 468 g/mol. The van der Waals surface area contributed by atoms with Gasteiger partial charge in [-0.1, -0.05) is 0 Å². The smallest absolute Gasteiger partial charge is 0.193 e. The van der Waals surface area contributed by atoms with Gasteiger partial charge in [0.1, 0.15) is 0 Å². The summed E-state index contributed by atoms with van der Waals surface area (Å²) in [6, 6.07) is 0. The Morgan fingerprint density at radius 2 is 2.00 bits per heavy atom. The molecule has 2 aliphatic rings. The number of aliphatic imine (C=N–C) groups is 1. The minimum atomic E-state index is -0.0876. The van der Waals surface area contributed by atoms with Gasteiger partial charge in [-0.3, -0.25) is 4.99 Å². The lowest BCUT2D eigenvalue weighted by atomic mass is 10.1. The van der Waals surface area contributed by atoms with Crippen molar-refractivity contribution in [1.29, 1.82) is 0 Å². The fraction of sp³-hybridized carbons (Fsp3) is 0.944. The molecule has 1 aliphatic carbocycles. The number of rotatable bonds is 10. The van der Waals surface area contributed by atoms with E-state index in [2.05, 4.69) is 29.1 Å². The van der Waals surface area contributed by atoms with E-state index in [4.69, 9.17) is 9.73 Å². The highest BCUT2D eigenvalue weighted by atomic mass is 127. The minimum Gasteiger partial charge on any atom is -0.393 e. The van der Waals surface area contributed by atoms with Crippen molar-refractivity contribution in [3.63, 3.8) is 0 Å². The predicted molar refractivity (Wildman–Crippen MR) is 114 cm³/mol. The second kappa shape index (κ2) is 13.1. The third-order valence-electron chi connectivity index (χ3n) is 4.77. The number of halogens is 1. The second-order valence-corrected chi connectivity index (χ2v) is 7.10. The fourth-order valence-electron chi connectivity index (χ4n) is 2.93. The van der Waals surface area contributed by atoms with E-state index in [0.29, 0.717) is 0 Å². The Kier molecular flexibility index (Phi) is 12.0. The van der Waals surface area contributed by atoms with Crippen molar-refractivity contribution >= 4 is 29.9 Å². The summed E-state index contributed by atoms with van der Waals surface area (Å²) in [5.74, 6) is 1.80. The highest BCUT2D eigenvalue weighted by Crippen LogP contribution is 2.28. The van der Waals surface area contributed by atoms with Gasteiger partial charge in [-0.2, -0.15) is 0 Å². The van der Waals surface area contributed by atoms with Gasteiger partial charge in [-0.05, 0) is 51.5 Å². The Balaban J connectivity index is 0.00000312. The van der Waals surface area contributed by atoms with E-state index in [-0.39, 0.29) is 30.1 Å². The molecule has 6 nitrogen and oxygen atoms in total. The molecule has 7 heteroatoms. The van der Waals surface area contributed by atoms with Crippen molar-refractivity contribution in [2.75, 3.05) is 59.5 Å². The largest absolute Gasteiger partial charge is 0.393 e. The van der Waals surface area contributed by atoms with Crippen LogP contribution in [0, 0.1) is 5.92 Å². The summed E-state index contributed by atoms with van der Waals surface area (Å²) in [6.45, 7) is 9.51. The molecule has 148 valence electrons. The van der Waals surface area contributed by atoms with E-state index in [1.165, 1.54) is 12.8 Å². The maximum atomic E-state index is 9.54. The quantitative estimate of drug-likeness (QED) is 0.222. The molecule has 1 heterocycles. The fourth-order valence-corrected chi connectivity index (χ4v) is 2.93. The van der Waals surface area contributed by atoms with Gasteiger partial charge in [-0.25, -0.2) is 0 Å². The van der Waals surface area contributed by atoms with Gasteiger partial charge in [0.05, 0.1) is 12.7 Å². The zero-order valence-electron chi connectivity index (χ0n) is 16.0. The van der Waals surface area contributed by atoms with Crippen LogP contribution >= 0.6 is 24.0 Å². The summed E-state index contributed by atoms with van der Waals surface area (Å²) in [6.07, 6.45) is 5.49. The third-order valence-corrected chi connectivity index (χ3v) is 4.77. The summed E-state index contributed by atoms with van der Waals surface area (Å²) >= 11 is 0. The van der Waals surface area contributed by atoms with Crippen LogP contribution in [-0.2, 0) is 4.74 Å². The SMILES string of the molecule is CCNC(=NCCCN1CCC(O)CC1)N(C)CCOCC1CC1.I. The molecule has 0 spiro atoms. The van der Waals surface area contributed by atoms with E-state index in [0.717, 1.165) is 83.6 Å². The second-order valence-electron chi connectivity index (χ2n) is 7.10. The van der Waals surface area contributed by atoms with Crippen LogP contribution in [0.15, 0.2) is 4.99 Å². The molecule has 1 saturated carbocycles. The van der Waals surface area contributed by atoms with Crippen LogP contribution in [-0.4, -0.2) is 86.5 Å². The first kappa shape index (κ1) is 22.9. The van der Waals surface area contributed by atoms with Gasteiger partial charge in [-0.15, -0.1) is 24.0 Å². The van der Waals surface area contributed by atoms with Gasteiger partial charge in [0.2, 0.25) is 0 Å². The van der Waals surface area contributed by atoms with Crippen LogP contribution in [0.2, 0.25) is 0 Å². The number of hydrogen-bond acceptors (Lipinski definition) is 4. The zero-order valence-corrected chi connectivity index (χ0v) is 18.3. The van der Waals surface area contributed by atoms with Gasteiger partial charge in [0.15, 0.2) is 5.96 Å². The first-order chi connectivity index (χ1) is 11.7. The minimum absolute atomic E-state index is 0. The van der Waals surface area contributed by atoms with Gasteiger partial charge in [0.25, 0.3) is 0 Å². The van der Waals surface area contributed by atoms with Crippen molar-refractivity contribution in [2.24, 2.45) is 10.9 Å². The lowest BCUT2D eigenvalue weighted by Crippen LogP contribution is -2.41. The Morgan fingerprint density at radius 3 is 2.64 bits per heavy atom. The number of ether oxygens (including phenoxy) is 1. The molecule has 1 saturated heterocycles. The zero-order chi connectivity index (χ0) is 17.2. The van der Waals surface area contributed by atoms with Crippen molar-refractivity contribution in [3.05, 3.63) is 0 Å². The molecule has 2 rings (SSSR count). The average Bonchev–Trinajstić information content (AvgIpc) is 3.40. The molecule has 0 atom stereocenters. The van der Waals surface area contributed by atoms with Crippen LogP contribution in [0.1, 0.15) is 39.0 Å². The van der Waals surface area contributed by atoms with E-state index in [9.17, 15) is 5.11 Å². The number of hydrogen-bond donors (Lipinski definition) is 2. The van der Waals surface area contributed by atoms with Crippen molar-refractivity contribution in [3.8, 4) is 0 Å². The Bertz CT molecular complexity index is 372. The molecule has 25 heavy (non-hydrogen) atoms. The molecular weight excluding hydrogens is 431 g/mol. The van der Waals surface area contributed by atoms with E-state index < -0.39 is 0 Å². The Hall–Kier alpha value is -0.120. The molecule has 0 aromatic carbocycles. The van der Waals surface area contributed by atoms with E-state index in [1.807, 2.05) is 0 Å². The molecule has 1 aliphatic heterocycles. The van der Waals surface area contributed by atoms with E-state index in [1.54, 1.807) is 0 Å². The highest BCUT2D eigenvalue weighted by molar-refractivity contribution is 14.0. The maximum Gasteiger partial charge on any atom is 0.193 e. The Labute approximate surface area is 170 Å². The summed E-state index contributed by atoms with van der Waals surface area (Å²) in [7, 11) is 2.08. The topological polar surface area (TPSA) is 60.3 Å². The first-order valence-corrected chi connectivity index (χ1v) is 9.66. The number of aliphatic hydroxyl groups is 1. The summed E-state index contributed by atoms with van der Waals surface area (Å²) in [5, 5.41) is 12.9. The summed E-state index contributed by atoms with van der Waals surface area (Å²) in [4.78, 5) is 9.33. The highest BCUT2D eigenvalue weighted by Gasteiger charge is 2.21. The molecule has 0 amide bonds. The van der Waals surface area contributed by atoms with Crippen LogP contribution in [0.4, 0.5) is 0 Å². The lowest BCUT2D eigenvalue weighted by Gasteiger charge is -2.29. The molecule has 0 radical (unpaired) electrons. The van der Waals surface area contributed by atoms with Crippen LogP contribution in [0.25, 0.3) is 0 Å². The third kappa shape index (κ3) is 9.96. The molecule has 2 fully saturated rings. The molecule has 0 bridgehead atoms. The summed E-state index contributed by atoms with van der Waals surface area (Å²) in [5.41, 5.74) is 0. The monoisotopic (exact) mass is 468 g/mol. The molecule has 0 aromatic rings. The van der Waals surface area contributed by atoms with Crippen molar-refractivity contribution in [2.45, 2.75) is 45.1 Å². The van der Waals surface area contributed by atoms with Gasteiger partial charge in [0, 0.05) is 46.4 Å². The van der Waals surface area contributed by atoms with Gasteiger partial charge >= 0.3 is 0 Å². The lowest BCUT2D eigenvalue weighted by molar-refractivity contribution is 0.0824. The van der Waals surface area contributed by atoms with Gasteiger partial charge < -0.3 is 25.0 Å². The predicted octanol–water partition coefficient (Wildman–Crippen LogP) is 1.78. The van der Waals surface area contributed by atoms with Crippen LogP contribution in [0.3, 0.4) is 0 Å². The number of piperidine rings is 1. The normalized spacial score (nSPS) is 19.6. The molecule has 0 unspecified atom stereocenters. The number of aliphatic hydroxyl groups excluding tert-OH is 1. The number of guanidine groups is 1. The number of likely N-dealkylation sites (tertiary alicyclic amines) is 1. The van der Waals surface area contributed by atoms with Crippen LogP contribution < -0.4 is 5.32 Å². The first-order valence-electron chi connectivity index (χ1n) is 9.66. The standard InChI is InChI=1S/C18H36N4O2.HI/c1-3-19-18(21(2)13-14-24-15-16-5-6-16)20-9-4-10-22-11-7-17(23)8-12-22;/h16-17,23H,3-15H2,1-2H3,(H,19,20);1H. The number of nitrogens with zero attached hydrogens (tertiary/aromatic N) is 3. The van der Waals surface area contributed by atoms with Crippen molar-refractivity contribution in [1.82, 2.24) is 15.1 Å². The van der Waals surface area contributed by atoms with E-state index >= 15 is 0 Å². The molecule has 2 N–H and O–H groups in total. The van der Waals surface area contributed by atoms with Crippen molar-refractivity contribution < 1.29 is 9.84 Å². The molecule has 0 aromatic heterocycles. The summed E-state index contributed by atoms with van der Waals surface area (Å²) < 4.78 is 5.72. The number of likely N-dealkylation sites (N-methyl/N-ethyl adjacent to an activating group) is 1. The number of nitrogens with one attached hydrogen (secondary N) is 1.